The zero-order valence-electron chi connectivity index (χ0n) is 14.0. The van der Waals surface area contributed by atoms with E-state index in [1.54, 1.807) is 13.0 Å². The second kappa shape index (κ2) is 6.48. The monoisotopic (exact) mass is 354 g/mol. The second-order valence-corrected chi connectivity index (χ2v) is 7.58. The van der Waals surface area contributed by atoms with E-state index in [0.717, 1.165) is 34.6 Å². The molecule has 1 fully saturated rings. The van der Waals surface area contributed by atoms with Crippen LogP contribution in [0.1, 0.15) is 37.3 Å². The maximum Gasteiger partial charge on any atom is 0.238 e. The van der Waals surface area contributed by atoms with Crippen molar-refractivity contribution in [3.63, 3.8) is 0 Å². The van der Waals surface area contributed by atoms with Gasteiger partial charge < -0.3 is 9.84 Å². The topological polar surface area (TPSA) is 80.9 Å². The molecule has 4 rings (SSSR count). The van der Waals surface area contributed by atoms with Gasteiger partial charge in [0.2, 0.25) is 5.91 Å². The Labute approximate surface area is 149 Å². The number of carbonyl (C=O) groups is 1. The molecule has 7 heteroatoms. The molecule has 25 heavy (non-hydrogen) atoms. The quantitative estimate of drug-likeness (QED) is 0.552. The van der Waals surface area contributed by atoms with Crippen LogP contribution in [0, 0.1) is 6.92 Å². The number of nitrogens with one attached hydrogen (secondary N) is 1. The van der Waals surface area contributed by atoms with E-state index in [9.17, 15) is 4.79 Å². The fourth-order valence-corrected chi connectivity index (χ4v) is 3.50. The number of anilines is 1. The molecular weight excluding hydrogens is 336 g/mol. The molecule has 6 nitrogen and oxygen atoms in total. The molecule has 1 aliphatic rings. The minimum Gasteiger partial charge on any atom is -0.360 e. The average Bonchev–Trinajstić information content (AvgIpc) is 3.38. The van der Waals surface area contributed by atoms with Crippen molar-refractivity contribution in [2.24, 2.45) is 0 Å². The number of hydrogen-bond acceptors (Lipinski definition) is 6. The van der Waals surface area contributed by atoms with Crippen molar-refractivity contribution >= 4 is 34.4 Å². The highest BCUT2D eigenvalue weighted by Gasteiger charge is 2.28. The molecule has 3 aromatic rings. The van der Waals surface area contributed by atoms with Crippen LogP contribution < -0.4 is 5.32 Å². The Morgan fingerprint density at radius 2 is 2.12 bits per heavy atom. The highest BCUT2D eigenvalue weighted by molar-refractivity contribution is 8.00. The van der Waals surface area contributed by atoms with Gasteiger partial charge in [-0.3, -0.25) is 4.79 Å². The first kappa shape index (κ1) is 16.1. The summed E-state index contributed by atoms with van der Waals surface area (Å²) in [6, 6.07) is 9.63. The van der Waals surface area contributed by atoms with E-state index in [1.807, 2.05) is 31.2 Å². The van der Waals surface area contributed by atoms with Gasteiger partial charge in [0.25, 0.3) is 0 Å². The number of thioether (sulfide) groups is 1. The number of para-hydroxylation sites is 1. The molecule has 2 aromatic heterocycles. The third-order valence-electron chi connectivity index (χ3n) is 4.06. The van der Waals surface area contributed by atoms with Crippen LogP contribution in [-0.2, 0) is 4.79 Å². The van der Waals surface area contributed by atoms with Crippen LogP contribution in [0.2, 0.25) is 0 Å². The zero-order chi connectivity index (χ0) is 17.4. The van der Waals surface area contributed by atoms with Gasteiger partial charge in [0.1, 0.15) is 16.6 Å². The molecule has 128 valence electrons. The van der Waals surface area contributed by atoms with Gasteiger partial charge in [-0.25, -0.2) is 9.97 Å². The molecule has 1 aromatic carbocycles. The van der Waals surface area contributed by atoms with E-state index >= 15 is 0 Å². The number of aryl methyl sites for hydroxylation is 1. The lowest BCUT2D eigenvalue weighted by molar-refractivity contribution is -0.115. The van der Waals surface area contributed by atoms with Crippen molar-refractivity contribution in [2.75, 3.05) is 5.32 Å². The van der Waals surface area contributed by atoms with Gasteiger partial charge in [-0.1, -0.05) is 35.1 Å². The Balaban J connectivity index is 1.57. The lowest BCUT2D eigenvalue weighted by atomic mass is 10.2. The zero-order valence-corrected chi connectivity index (χ0v) is 14.8. The Morgan fingerprint density at radius 3 is 2.84 bits per heavy atom. The van der Waals surface area contributed by atoms with Crippen LogP contribution in [0.15, 0.2) is 39.9 Å². The van der Waals surface area contributed by atoms with Crippen LogP contribution in [0.3, 0.4) is 0 Å². The van der Waals surface area contributed by atoms with E-state index in [4.69, 9.17) is 9.51 Å². The lowest BCUT2D eigenvalue weighted by Gasteiger charge is -2.12. The van der Waals surface area contributed by atoms with E-state index in [-0.39, 0.29) is 11.2 Å². The van der Waals surface area contributed by atoms with Gasteiger partial charge in [-0.15, -0.1) is 0 Å². The number of nitrogens with zero attached hydrogens (tertiary/aromatic N) is 3. The van der Waals surface area contributed by atoms with Crippen LogP contribution >= 0.6 is 11.8 Å². The van der Waals surface area contributed by atoms with Crippen molar-refractivity contribution in [3.8, 4) is 0 Å². The van der Waals surface area contributed by atoms with Gasteiger partial charge in [-0.05, 0) is 32.8 Å². The standard InChI is InChI=1S/C18H18N4O2S/c1-10-9-15(22-24-10)20-17(23)11(2)25-18-13-5-3-4-6-14(13)19-16(21-18)12-7-8-12/h3-6,9,11-12H,7-8H2,1-2H3,(H,20,22,23). The summed E-state index contributed by atoms with van der Waals surface area (Å²) in [6.07, 6.45) is 2.29. The predicted octanol–water partition coefficient (Wildman–Crippen LogP) is 3.92. The Bertz CT molecular complexity index is 936. The van der Waals surface area contributed by atoms with Gasteiger partial charge in [-0.2, -0.15) is 0 Å². The van der Waals surface area contributed by atoms with Crippen molar-refractivity contribution < 1.29 is 9.32 Å². The van der Waals surface area contributed by atoms with Crippen LogP contribution in [-0.4, -0.2) is 26.3 Å². The summed E-state index contributed by atoms with van der Waals surface area (Å²) >= 11 is 1.45. The molecule has 0 aliphatic heterocycles. The van der Waals surface area contributed by atoms with Crippen LogP contribution in [0.4, 0.5) is 5.82 Å². The molecule has 2 heterocycles. The first-order valence-corrected chi connectivity index (χ1v) is 9.15. The first-order valence-electron chi connectivity index (χ1n) is 8.27. The van der Waals surface area contributed by atoms with Gasteiger partial charge in [0.05, 0.1) is 10.8 Å². The average molecular weight is 354 g/mol. The molecular formula is C18H18N4O2S. The van der Waals surface area contributed by atoms with Gasteiger partial charge in [0, 0.05) is 17.4 Å². The smallest absolute Gasteiger partial charge is 0.238 e. The maximum absolute atomic E-state index is 12.4. The Hall–Kier alpha value is -2.41. The van der Waals surface area contributed by atoms with E-state index in [0.29, 0.717) is 17.5 Å². The summed E-state index contributed by atoms with van der Waals surface area (Å²) in [6.45, 7) is 3.65. The normalized spacial score (nSPS) is 15.3. The lowest BCUT2D eigenvalue weighted by Crippen LogP contribution is -2.22. The van der Waals surface area contributed by atoms with Crippen molar-refractivity contribution in [1.82, 2.24) is 15.1 Å². The molecule has 1 unspecified atom stereocenters. The van der Waals surface area contributed by atoms with Crippen molar-refractivity contribution in [1.29, 1.82) is 0 Å². The summed E-state index contributed by atoms with van der Waals surface area (Å²) in [4.78, 5) is 21.8. The summed E-state index contributed by atoms with van der Waals surface area (Å²) in [7, 11) is 0. The first-order chi connectivity index (χ1) is 12.1. The molecule has 0 radical (unpaired) electrons. The highest BCUT2D eigenvalue weighted by Crippen LogP contribution is 2.40. The minimum atomic E-state index is -0.317. The fraction of sp³-hybridized carbons (Fsp3) is 0.333. The molecule has 1 atom stereocenters. The second-order valence-electron chi connectivity index (χ2n) is 6.25. The molecule has 0 bridgehead atoms. The van der Waals surface area contributed by atoms with E-state index in [2.05, 4.69) is 15.5 Å². The summed E-state index contributed by atoms with van der Waals surface area (Å²) in [5.74, 6) is 2.31. The highest BCUT2D eigenvalue weighted by atomic mass is 32.2. The molecule has 0 spiro atoms. The number of amides is 1. The van der Waals surface area contributed by atoms with E-state index < -0.39 is 0 Å². The number of hydrogen-bond donors (Lipinski definition) is 1. The minimum absolute atomic E-state index is 0.131. The molecule has 1 aliphatic carbocycles. The SMILES string of the molecule is Cc1cc(NC(=O)C(C)Sc2nc(C3CC3)nc3ccccc23)no1. The number of benzene rings is 1. The predicted molar refractivity (Wildman–Crippen MR) is 96.7 cm³/mol. The number of fused-ring (bicyclic) bond motifs is 1. The fourth-order valence-electron chi connectivity index (χ4n) is 2.55. The Morgan fingerprint density at radius 1 is 1.32 bits per heavy atom. The summed E-state index contributed by atoms with van der Waals surface area (Å²) < 4.78 is 4.98. The summed E-state index contributed by atoms with van der Waals surface area (Å²) in [5.41, 5.74) is 0.932. The number of rotatable bonds is 5. The molecule has 1 amide bonds. The molecule has 1 saturated carbocycles. The van der Waals surface area contributed by atoms with Crippen molar-refractivity contribution in [3.05, 3.63) is 41.9 Å². The largest absolute Gasteiger partial charge is 0.360 e. The van der Waals surface area contributed by atoms with Crippen LogP contribution in [0.5, 0.6) is 0 Å². The third-order valence-corrected chi connectivity index (χ3v) is 5.17. The van der Waals surface area contributed by atoms with Crippen molar-refractivity contribution in [2.45, 2.75) is 42.9 Å². The maximum atomic E-state index is 12.4. The summed E-state index contributed by atoms with van der Waals surface area (Å²) in [5, 5.41) is 8.09. The molecule has 1 N–H and O–H groups in total. The van der Waals surface area contributed by atoms with E-state index in [1.165, 1.54) is 11.8 Å². The van der Waals surface area contributed by atoms with Gasteiger partial charge in [0.15, 0.2) is 5.82 Å². The third kappa shape index (κ3) is 3.51. The number of aromatic nitrogens is 3. The molecule has 0 saturated heterocycles. The van der Waals surface area contributed by atoms with Gasteiger partial charge >= 0.3 is 0 Å². The Kier molecular flexibility index (Phi) is 4.17. The van der Waals surface area contributed by atoms with Crippen LogP contribution in [0.25, 0.3) is 10.9 Å². The number of carbonyl (C=O) groups excluding carboxylic acids is 1.